The fraction of sp³-hybridized carbons (Fsp3) is 0.647. The van der Waals surface area contributed by atoms with E-state index in [-0.39, 0.29) is 0 Å². The number of nitrogens with two attached hydrogens (primary N) is 1. The molecule has 0 amide bonds. The highest BCUT2D eigenvalue weighted by Gasteiger charge is 1.96. The lowest BCUT2D eigenvalue weighted by Crippen LogP contribution is -2.14. The van der Waals surface area contributed by atoms with Crippen LogP contribution in [-0.2, 0) is 13.1 Å². The van der Waals surface area contributed by atoms with E-state index in [0.29, 0.717) is 6.54 Å². The first-order valence-corrected chi connectivity index (χ1v) is 7.71. The topological polar surface area (TPSA) is 38.0 Å². The molecule has 2 heteroatoms. The summed E-state index contributed by atoms with van der Waals surface area (Å²) in [6.07, 6.45) is 6.79. The minimum absolute atomic E-state index is 0.629. The van der Waals surface area contributed by atoms with E-state index in [1.165, 1.54) is 43.2 Å². The van der Waals surface area contributed by atoms with Gasteiger partial charge in [-0.25, -0.2) is 0 Å². The van der Waals surface area contributed by atoms with Gasteiger partial charge in [-0.2, -0.15) is 0 Å². The van der Waals surface area contributed by atoms with Crippen LogP contribution < -0.4 is 11.1 Å². The van der Waals surface area contributed by atoms with Crippen LogP contribution in [0.15, 0.2) is 24.3 Å². The van der Waals surface area contributed by atoms with Crippen molar-refractivity contribution in [2.45, 2.75) is 59.0 Å². The summed E-state index contributed by atoms with van der Waals surface area (Å²) < 4.78 is 0. The molecular weight excluding hydrogens is 232 g/mol. The van der Waals surface area contributed by atoms with Crippen LogP contribution in [0.5, 0.6) is 0 Å². The van der Waals surface area contributed by atoms with Gasteiger partial charge in [-0.3, -0.25) is 0 Å². The minimum Gasteiger partial charge on any atom is -0.326 e. The maximum absolute atomic E-state index is 5.58. The van der Waals surface area contributed by atoms with E-state index < -0.39 is 0 Å². The van der Waals surface area contributed by atoms with Crippen LogP contribution >= 0.6 is 0 Å². The molecule has 0 bridgehead atoms. The molecule has 0 saturated heterocycles. The summed E-state index contributed by atoms with van der Waals surface area (Å²) in [4.78, 5) is 0. The second-order valence-corrected chi connectivity index (χ2v) is 5.79. The Morgan fingerprint density at radius 1 is 0.947 bits per heavy atom. The van der Waals surface area contributed by atoms with Crippen LogP contribution in [0.1, 0.15) is 57.1 Å². The lowest BCUT2D eigenvalue weighted by atomic mass is 10.0. The average molecular weight is 262 g/mol. The zero-order chi connectivity index (χ0) is 13.9. The quantitative estimate of drug-likeness (QED) is 0.629. The first-order chi connectivity index (χ1) is 9.22. The van der Waals surface area contributed by atoms with Gasteiger partial charge in [0, 0.05) is 13.1 Å². The molecule has 0 aromatic heterocycles. The van der Waals surface area contributed by atoms with Gasteiger partial charge in [-0.15, -0.1) is 0 Å². The Hall–Kier alpha value is -0.860. The van der Waals surface area contributed by atoms with Gasteiger partial charge in [-0.05, 0) is 30.0 Å². The molecule has 0 aliphatic heterocycles. The Morgan fingerprint density at radius 2 is 1.58 bits per heavy atom. The second-order valence-electron chi connectivity index (χ2n) is 5.79. The maximum atomic E-state index is 5.58. The normalized spacial score (nSPS) is 11.2. The molecule has 0 fully saturated rings. The van der Waals surface area contributed by atoms with E-state index in [9.17, 15) is 0 Å². The highest BCUT2D eigenvalue weighted by atomic mass is 14.8. The number of unbranched alkanes of at least 4 members (excludes halogenated alkanes) is 3. The number of benzene rings is 1. The predicted molar refractivity (Wildman–Crippen MR) is 84.0 cm³/mol. The van der Waals surface area contributed by atoms with Crippen LogP contribution in [0.4, 0.5) is 0 Å². The Labute approximate surface area is 118 Å². The molecule has 0 spiro atoms. The molecule has 0 aliphatic rings. The van der Waals surface area contributed by atoms with Gasteiger partial charge in [0.1, 0.15) is 0 Å². The molecule has 2 nitrogen and oxygen atoms in total. The van der Waals surface area contributed by atoms with E-state index in [4.69, 9.17) is 5.73 Å². The molecule has 0 aliphatic carbocycles. The summed E-state index contributed by atoms with van der Waals surface area (Å²) in [7, 11) is 0. The third-order valence-corrected chi connectivity index (χ3v) is 3.47. The zero-order valence-corrected chi connectivity index (χ0v) is 12.6. The van der Waals surface area contributed by atoms with Crippen molar-refractivity contribution in [1.82, 2.24) is 5.32 Å². The van der Waals surface area contributed by atoms with Crippen LogP contribution in [0.3, 0.4) is 0 Å². The summed E-state index contributed by atoms with van der Waals surface area (Å²) in [5.74, 6) is 0.856. The van der Waals surface area contributed by atoms with Crippen LogP contribution in [0, 0.1) is 5.92 Å². The van der Waals surface area contributed by atoms with Gasteiger partial charge < -0.3 is 11.1 Å². The zero-order valence-electron chi connectivity index (χ0n) is 12.6. The van der Waals surface area contributed by atoms with E-state index in [0.717, 1.165) is 19.0 Å². The monoisotopic (exact) mass is 262 g/mol. The van der Waals surface area contributed by atoms with Gasteiger partial charge in [-0.1, -0.05) is 63.8 Å². The summed E-state index contributed by atoms with van der Waals surface area (Å²) in [5.41, 5.74) is 8.13. The molecular formula is C17H30N2. The van der Waals surface area contributed by atoms with E-state index >= 15 is 0 Å². The third-order valence-electron chi connectivity index (χ3n) is 3.47. The molecule has 1 aromatic rings. The molecule has 108 valence electrons. The van der Waals surface area contributed by atoms with Gasteiger partial charge in [0.05, 0.1) is 0 Å². The Kier molecular flexibility index (Phi) is 8.52. The fourth-order valence-corrected chi connectivity index (χ4v) is 2.18. The third kappa shape index (κ3) is 8.02. The molecule has 0 saturated carbocycles. The van der Waals surface area contributed by atoms with E-state index in [2.05, 4.69) is 43.4 Å². The molecule has 1 aromatic carbocycles. The standard InChI is InChI=1S/C17H30N2/c1-15(2)7-5-3-4-6-12-19-14-17-10-8-16(13-18)9-11-17/h8-11,15,19H,3-7,12-14,18H2,1-2H3. The van der Waals surface area contributed by atoms with E-state index in [1.807, 2.05) is 0 Å². The van der Waals surface area contributed by atoms with Crippen molar-refractivity contribution in [1.29, 1.82) is 0 Å². The highest BCUT2D eigenvalue weighted by molar-refractivity contribution is 5.22. The number of nitrogens with one attached hydrogen (secondary N) is 1. The fourth-order valence-electron chi connectivity index (χ4n) is 2.18. The molecule has 0 radical (unpaired) electrons. The summed E-state index contributed by atoms with van der Waals surface area (Å²) >= 11 is 0. The van der Waals surface area contributed by atoms with Crippen molar-refractivity contribution in [2.24, 2.45) is 11.7 Å². The molecule has 0 heterocycles. The van der Waals surface area contributed by atoms with Crippen LogP contribution in [0.25, 0.3) is 0 Å². The smallest absolute Gasteiger partial charge is 0.0205 e. The summed E-state index contributed by atoms with van der Waals surface area (Å²) in [6, 6.07) is 8.56. The van der Waals surface area contributed by atoms with Crippen molar-refractivity contribution in [2.75, 3.05) is 6.54 Å². The molecule has 0 atom stereocenters. The second kappa shape index (κ2) is 9.99. The van der Waals surface area contributed by atoms with Crippen molar-refractivity contribution in [3.05, 3.63) is 35.4 Å². The summed E-state index contributed by atoms with van der Waals surface area (Å²) in [6.45, 7) is 7.33. The SMILES string of the molecule is CC(C)CCCCCCNCc1ccc(CN)cc1. The average Bonchev–Trinajstić information content (AvgIpc) is 2.42. The first-order valence-electron chi connectivity index (χ1n) is 7.71. The highest BCUT2D eigenvalue weighted by Crippen LogP contribution is 2.09. The van der Waals surface area contributed by atoms with Gasteiger partial charge in [0.15, 0.2) is 0 Å². The lowest BCUT2D eigenvalue weighted by molar-refractivity contribution is 0.512. The van der Waals surface area contributed by atoms with Crippen molar-refractivity contribution in [3.8, 4) is 0 Å². The Balaban J connectivity index is 1.98. The van der Waals surface area contributed by atoms with Crippen LogP contribution in [0.2, 0.25) is 0 Å². The molecule has 19 heavy (non-hydrogen) atoms. The molecule has 1 rings (SSSR count). The largest absolute Gasteiger partial charge is 0.326 e. The first kappa shape index (κ1) is 16.2. The van der Waals surface area contributed by atoms with Gasteiger partial charge in [0.2, 0.25) is 0 Å². The van der Waals surface area contributed by atoms with Crippen molar-refractivity contribution in [3.63, 3.8) is 0 Å². The number of rotatable bonds is 10. The minimum atomic E-state index is 0.629. The van der Waals surface area contributed by atoms with E-state index in [1.54, 1.807) is 0 Å². The molecule has 0 unspecified atom stereocenters. The van der Waals surface area contributed by atoms with Crippen LogP contribution in [-0.4, -0.2) is 6.54 Å². The van der Waals surface area contributed by atoms with Crippen molar-refractivity contribution >= 4 is 0 Å². The maximum Gasteiger partial charge on any atom is 0.0205 e. The van der Waals surface area contributed by atoms with Gasteiger partial charge in [0.25, 0.3) is 0 Å². The summed E-state index contributed by atoms with van der Waals surface area (Å²) in [5, 5.41) is 3.51. The predicted octanol–water partition coefficient (Wildman–Crippen LogP) is 3.84. The molecule has 3 N–H and O–H groups in total. The van der Waals surface area contributed by atoms with Gasteiger partial charge >= 0.3 is 0 Å². The lowest BCUT2D eigenvalue weighted by Gasteiger charge is -2.06. The Morgan fingerprint density at radius 3 is 2.21 bits per heavy atom. The number of hydrogen-bond donors (Lipinski definition) is 2. The van der Waals surface area contributed by atoms with Crippen molar-refractivity contribution < 1.29 is 0 Å². The Bertz CT molecular complexity index is 317. The number of hydrogen-bond acceptors (Lipinski definition) is 2.